The number of hydrogen-bond donors (Lipinski definition) is 0. The number of allylic oxidation sites excluding steroid dienone is 15. The van der Waals surface area contributed by atoms with Gasteiger partial charge in [-0.2, -0.15) is 0 Å². The Hall–Kier alpha value is -3.67. The lowest BCUT2D eigenvalue weighted by atomic mass is 10.1. The van der Waals surface area contributed by atoms with E-state index in [4.69, 9.17) is 14.2 Å². The van der Waals surface area contributed by atoms with Gasteiger partial charge in [0.2, 0.25) is 0 Å². The van der Waals surface area contributed by atoms with Crippen LogP contribution in [0.4, 0.5) is 0 Å². The molecule has 0 aliphatic carbocycles. The second kappa shape index (κ2) is 42.1. The number of hydrogen-bond acceptors (Lipinski definition) is 6. The molecular formula is C48H76O6. The Kier molecular flexibility index (Phi) is 39.2. The summed E-state index contributed by atoms with van der Waals surface area (Å²) in [7, 11) is 0. The number of unbranched alkanes of at least 4 members (excludes halogenated alkanes) is 13. The Balaban J connectivity index is 4.51. The summed E-state index contributed by atoms with van der Waals surface area (Å²) in [4.78, 5) is 37.5. The molecule has 0 spiro atoms. The van der Waals surface area contributed by atoms with Crippen LogP contribution in [-0.2, 0) is 28.6 Å². The third-order valence-corrected chi connectivity index (χ3v) is 8.43. The van der Waals surface area contributed by atoms with E-state index >= 15 is 0 Å². The van der Waals surface area contributed by atoms with Crippen molar-refractivity contribution in [3.05, 3.63) is 97.2 Å². The van der Waals surface area contributed by atoms with E-state index in [-0.39, 0.29) is 31.6 Å². The summed E-state index contributed by atoms with van der Waals surface area (Å²) in [6.07, 6.45) is 54.2. The molecule has 0 aromatic carbocycles. The zero-order valence-electron chi connectivity index (χ0n) is 34.4. The Morgan fingerprint density at radius 2 is 0.889 bits per heavy atom. The van der Waals surface area contributed by atoms with Gasteiger partial charge >= 0.3 is 17.9 Å². The number of carbonyl (C=O) groups excluding carboxylic acids is 3. The van der Waals surface area contributed by atoms with Crippen LogP contribution in [-0.4, -0.2) is 37.2 Å². The van der Waals surface area contributed by atoms with Crippen LogP contribution < -0.4 is 0 Å². The number of esters is 3. The van der Waals surface area contributed by atoms with E-state index in [9.17, 15) is 14.4 Å². The molecule has 0 aromatic heterocycles. The predicted molar refractivity (Wildman–Crippen MR) is 228 cm³/mol. The standard InChI is InChI=1S/C48H76O6/c1-4-7-10-13-16-19-21-23-24-25-27-29-32-35-38-41-47(50)53-44-45(43-52-46(49)40-37-34-31-28-18-15-12-9-6-3)54-48(51)42-39-36-33-30-26-22-20-17-14-11-8-5-2/h7,9-10,12-13,16-21,23-24,28,34,37,45H,4-6,8,11,14-15,22,25-27,29-33,35-36,38-44H2,1-3H3/b10-7-,12-9-,16-13-,20-17-,21-19-,24-23-,28-18-,37-34-. The van der Waals surface area contributed by atoms with E-state index in [1.807, 2.05) is 30.4 Å². The average Bonchev–Trinajstić information content (AvgIpc) is 3.17. The molecule has 0 aliphatic heterocycles. The summed E-state index contributed by atoms with van der Waals surface area (Å²) in [5.74, 6) is -1.10. The fraction of sp³-hybridized carbons (Fsp3) is 0.604. The molecule has 0 bridgehead atoms. The van der Waals surface area contributed by atoms with Gasteiger partial charge in [-0.1, -0.05) is 169 Å². The van der Waals surface area contributed by atoms with Crippen LogP contribution in [0.1, 0.15) is 168 Å². The zero-order chi connectivity index (χ0) is 39.4. The van der Waals surface area contributed by atoms with Crippen molar-refractivity contribution in [2.24, 2.45) is 0 Å². The molecule has 6 heteroatoms. The Morgan fingerprint density at radius 1 is 0.426 bits per heavy atom. The van der Waals surface area contributed by atoms with Gasteiger partial charge in [-0.15, -0.1) is 0 Å². The molecule has 0 fully saturated rings. The molecule has 0 rings (SSSR count). The summed E-state index contributed by atoms with van der Waals surface area (Å²) >= 11 is 0. The van der Waals surface area contributed by atoms with Gasteiger partial charge in [-0.3, -0.25) is 14.4 Å². The third kappa shape index (κ3) is 39.5. The van der Waals surface area contributed by atoms with Gasteiger partial charge in [-0.05, 0) is 77.0 Å². The number of carbonyl (C=O) groups is 3. The van der Waals surface area contributed by atoms with Crippen molar-refractivity contribution >= 4 is 17.9 Å². The molecule has 54 heavy (non-hydrogen) atoms. The summed E-state index contributed by atoms with van der Waals surface area (Å²) < 4.78 is 16.5. The second-order valence-corrected chi connectivity index (χ2v) is 13.6. The molecule has 0 aromatic rings. The first-order chi connectivity index (χ1) is 26.5. The van der Waals surface area contributed by atoms with Crippen LogP contribution in [0.5, 0.6) is 0 Å². The molecule has 0 saturated carbocycles. The molecule has 0 heterocycles. The lowest BCUT2D eigenvalue weighted by molar-refractivity contribution is -0.166. The van der Waals surface area contributed by atoms with Crippen LogP contribution in [0.2, 0.25) is 0 Å². The lowest BCUT2D eigenvalue weighted by Crippen LogP contribution is -2.30. The van der Waals surface area contributed by atoms with Gasteiger partial charge in [0.05, 0.1) is 6.42 Å². The maximum atomic E-state index is 12.7. The SMILES string of the molecule is CC\C=C/C=C\C=C/C=C\CCCCCCCC(=O)OCC(COC(=O)C/C=C\C/C=C\C/C=C\CC)OC(=O)CCCCCCC/C=C\CCCCC. The maximum absolute atomic E-state index is 12.7. The van der Waals surface area contributed by atoms with Crippen LogP contribution in [0, 0.1) is 0 Å². The van der Waals surface area contributed by atoms with Crippen LogP contribution in [0.15, 0.2) is 97.2 Å². The van der Waals surface area contributed by atoms with Crippen molar-refractivity contribution in [2.75, 3.05) is 13.2 Å². The Morgan fingerprint density at radius 3 is 1.50 bits per heavy atom. The fourth-order valence-corrected chi connectivity index (χ4v) is 5.27. The Bertz CT molecular complexity index is 1140. The predicted octanol–water partition coefficient (Wildman–Crippen LogP) is 13.5. The molecular weight excluding hydrogens is 673 g/mol. The van der Waals surface area contributed by atoms with E-state index in [1.54, 1.807) is 6.08 Å². The molecule has 0 radical (unpaired) electrons. The highest BCUT2D eigenvalue weighted by atomic mass is 16.6. The van der Waals surface area contributed by atoms with E-state index in [0.717, 1.165) is 96.3 Å². The van der Waals surface area contributed by atoms with Gasteiger partial charge < -0.3 is 14.2 Å². The summed E-state index contributed by atoms with van der Waals surface area (Å²) in [6, 6.07) is 0. The van der Waals surface area contributed by atoms with Crippen molar-refractivity contribution in [3.8, 4) is 0 Å². The smallest absolute Gasteiger partial charge is 0.309 e. The largest absolute Gasteiger partial charge is 0.462 e. The van der Waals surface area contributed by atoms with E-state index in [0.29, 0.717) is 12.8 Å². The molecule has 304 valence electrons. The summed E-state index contributed by atoms with van der Waals surface area (Å²) in [6.45, 7) is 6.19. The van der Waals surface area contributed by atoms with Gasteiger partial charge in [0.25, 0.3) is 0 Å². The fourth-order valence-electron chi connectivity index (χ4n) is 5.27. The molecule has 1 unspecified atom stereocenters. The summed E-state index contributed by atoms with van der Waals surface area (Å²) in [5, 5.41) is 0. The molecule has 0 saturated heterocycles. The van der Waals surface area contributed by atoms with Crippen molar-refractivity contribution in [2.45, 2.75) is 175 Å². The van der Waals surface area contributed by atoms with E-state index in [1.165, 1.54) is 32.1 Å². The minimum Gasteiger partial charge on any atom is -0.462 e. The minimum atomic E-state index is -0.825. The number of rotatable bonds is 36. The molecule has 0 amide bonds. The number of ether oxygens (including phenoxy) is 3. The monoisotopic (exact) mass is 749 g/mol. The van der Waals surface area contributed by atoms with Crippen LogP contribution in [0.3, 0.4) is 0 Å². The van der Waals surface area contributed by atoms with Crippen LogP contribution >= 0.6 is 0 Å². The average molecular weight is 749 g/mol. The molecule has 6 nitrogen and oxygen atoms in total. The van der Waals surface area contributed by atoms with Gasteiger partial charge in [-0.25, -0.2) is 0 Å². The van der Waals surface area contributed by atoms with E-state index < -0.39 is 12.1 Å². The summed E-state index contributed by atoms with van der Waals surface area (Å²) in [5.41, 5.74) is 0. The van der Waals surface area contributed by atoms with Crippen molar-refractivity contribution in [1.29, 1.82) is 0 Å². The lowest BCUT2D eigenvalue weighted by Gasteiger charge is -2.18. The highest BCUT2D eigenvalue weighted by molar-refractivity contribution is 5.72. The topological polar surface area (TPSA) is 78.9 Å². The highest BCUT2D eigenvalue weighted by Crippen LogP contribution is 2.12. The van der Waals surface area contributed by atoms with Crippen molar-refractivity contribution < 1.29 is 28.6 Å². The second-order valence-electron chi connectivity index (χ2n) is 13.6. The third-order valence-electron chi connectivity index (χ3n) is 8.43. The quantitative estimate of drug-likeness (QED) is 0.0209. The first-order valence-corrected chi connectivity index (χ1v) is 21.3. The maximum Gasteiger partial charge on any atom is 0.309 e. The molecule has 0 N–H and O–H groups in total. The normalized spacial score (nSPS) is 13.0. The van der Waals surface area contributed by atoms with Gasteiger partial charge in [0, 0.05) is 12.8 Å². The van der Waals surface area contributed by atoms with Gasteiger partial charge in [0.15, 0.2) is 6.10 Å². The van der Waals surface area contributed by atoms with Crippen LogP contribution in [0.25, 0.3) is 0 Å². The first kappa shape index (κ1) is 50.3. The van der Waals surface area contributed by atoms with E-state index in [2.05, 4.69) is 81.5 Å². The van der Waals surface area contributed by atoms with Crippen molar-refractivity contribution in [3.63, 3.8) is 0 Å². The molecule has 1 atom stereocenters. The minimum absolute atomic E-state index is 0.122. The molecule has 0 aliphatic rings. The first-order valence-electron chi connectivity index (χ1n) is 21.3. The zero-order valence-corrected chi connectivity index (χ0v) is 34.4. The highest BCUT2D eigenvalue weighted by Gasteiger charge is 2.19. The van der Waals surface area contributed by atoms with Crippen molar-refractivity contribution in [1.82, 2.24) is 0 Å². The Labute approximate surface area is 330 Å². The van der Waals surface area contributed by atoms with Gasteiger partial charge in [0.1, 0.15) is 13.2 Å².